The van der Waals surface area contributed by atoms with Gasteiger partial charge in [-0.05, 0) is 49.6 Å². The molecular formula is C11H10Br2N2OS. The summed E-state index contributed by atoms with van der Waals surface area (Å²) < 4.78 is 7.55. The molecule has 90 valence electrons. The van der Waals surface area contributed by atoms with Crippen LogP contribution < -0.4 is 10.5 Å². The average Bonchev–Trinajstić information content (AvgIpc) is 2.80. The zero-order valence-electron chi connectivity index (χ0n) is 8.82. The van der Waals surface area contributed by atoms with Crippen LogP contribution in [0.1, 0.15) is 10.4 Å². The van der Waals surface area contributed by atoms with Gasteiger partial charge >= 0.3 is 0 Å². The van der Waals surface area contributed by atoms with Crippen molar-refractivity contribution >= 4 is 43.2 Å². The summed E-state index contributed by atoms with van der Waals surface area (Å²) in [6.45, 7) is 1.02. The van der Waals surface area contributed by atoms with Crippen molar-refractivity contribution < 1.29 is 4.74 Å². The normalized spacial score (nSPS) is 10.5. The first kappa shape index (κ1) is 13.0. The van der Waals surface area contributed by atoms with E-state index in [1.54, 1.807) is 23.0 Å². The second-order valence-corrected chi connectivity index (χ2v) is 6.03. The molecule has 0 atom stereocenters. The molecule has 1 heterocycles. The second-order valence-electron chi connectivity index (χ2n) is 3.35. The number of nitrogens with two attached hydrogens (primary N) is 1. The van der Waals surface area contributed by atoms with E-state index in [1.807, 2.05) is 12.1 Å². The van der Waals surface area contributed by atoms with Crippen LogP contribution >= 0.6 is 43.2 Å². The van der Waals surface area contributed by atoms with Gasteiger partial charge in [-0.15, -0.1) is 11.3 Å². The van der Waals surface area contributed by atoms with Crippen molar-refractivity contribution in [3.8, 4) is 5.75 Å². The maximum absolute atomic E-state index is 5.75. The summed E-state index contributed by atoms with van der Waals surface area (Å²) in [6, 6.07) is 3.93. The third-order valence-electron chi connectivity index (χ3n) is 2.14. The first-order valence-electron chi connectivity index (χ1n) is 4.89. The number of nitrogens with zero attached hydrogens (tertiary/aromatic N) is 1. The smallest absolute Gasteiger partial charge is 0.148 e. The van der Waals surface area contributed by atoms with Crippen LogP contribution in [0.25, 0.3) is 0 Å². The molecule has 0 aliphatic heterocycles. The van der Waals surface area contributed by atoms with Crippen LogP contribution in [0.15, 0.2) is 32.8 Å². The van der Waals surface area contributed by atoms with Gasteiger partial charge in [-0.1, -0.05) is 0 Å². The Balaban J connectivity index is 2.15. The van der Waals surface area contributed by atoms with E-state index in [4.69, 9.17) is 10.5 Å². The lowest BCUT2D eigenvalue weighted by Gasteiger charge is -2.10. The fraction of sp³-hybridized carbons (Fsp3) is 0.182. The van der Waals surface area contributed by atoms with Crippen molar-refractivity contribution in [2.24, 2.45) is 5.73 Å². The van der Waals surface area contributed by atoms with Crippen molar-refractivity contribution in [1.29, 1.82) is 0 Å². The number of thiazole rings is 1. The molecule has 2 rings (SSSR count). The summed E-state index contributed by atoms with van der Waals surface area (Å²) in [7, 11) is 0. The summed E-state index contributed by atoms with van der Waals surface area (Å²) in [6.07, 6.45) is 1.81. The molecule has 17 heavy (non-hydrogen) atoms. The molecule has 1 aromatic heterocycles. The topological polar surface area (TPSA) is 48.1 Å². The van der Waals surface area contributed by atoms with Crippen LogP contribution in [0, 0.1) is 0 Å². The Bertz CT molecular complexity index is 479. The van der Waals surface area contributed by atoms with E-state index >= 15 is 0 Å². The summed E-state index contributed by atoms with van der Waals surface area (Å²) in [5, 5.41) is 0. The quantitative estimate of drug-likeness (QED) is 0.883. The van der Waals surface area contributed by atoms with Crippen LogP contribution in [0.5, 0.6) is 5.75 Å². The van der Waals surface area contributed by atoms with E-state index in [0.717, 1.165) is 25.1 Å². The number of rotatable bonds is 4. The van der Waals surface area contributed by atoms with E-state index < -0.39 is 0 Å². The third-order valence-corrected chi connectivity index (χ3v) is 4.07. The minimum Gasteiger partial charge on any atom is -0.486 e. The van der Waals surface area contributed by atoms with E-state index in [2.05, 4.69) is 36.8 Å². The Morgan fingerprint density at radius 3 is 2.53 bits per heavy atom. The standard InChI is InChI=1S/C11H10Br2N2OS/c12-9-1-7(3-14)2-10(13)11(9)16-5-8-4-15-6-17-8/h1-2,4,6H,3,5,14H2. The molecule has 0 spiro atoms. The van der Waals surface area contributed by atoms with E-state index in [9.17, 15) is 0 Å². The first-order chi connectivity index (χ1) is 8.20. The summed E-state index contributed by atoms with van der Waals surface area (Å²) >= 11 is 8.54. The average molecular weight is 378 g/mol. The molecule has 0 bridgehead atoms. The Morgan fingerprint density at radius 1 is 1.29 bits per heavy atom. The van der Waals surface area contributed by atoms with Gasteiger partial charge in [-0.3, -0.25) is 4.98 Å². The SMILES string of the molecule is NCc1cc(Br)c(OCc2cncs2)c(Br)c1. The van der Waals surface area contributed by atoms with Crippen molar-refractivity contribution in [3.05, 3.63) is 43.2 Å². The predicted octanol–water partition coefficient (Wildman–Crippen LogP) is 3.71. The first-order valence-corrected chi connectivity index (χ1v) is 7.35. The molecule has 0 fully saturated rings. The molecule has 0 radical (unpaired) electrons. The molecule has 0 aliphatic carbocycles. The largest absolute Gasteiger partial charge is 0.486 e. The third kappa shape index (κ3) is 3.28. The maximum atomic E-state index is 5.75. The molecule has 3 nitrogen and oxygen atoms in total. The predicted molar refractivity (Wildman–Crippen MR) is 76.2 cm³/mol. The number of halogens is 2. The van der Waals surface area contributed by atoms with E-state index in [1.165, 1.54) is 0 Å². The van der Waals surface area contributed by atoms with Gasteiger partial charge in [0.05, 0.1) is 19.3 Å². The van der Waals surface area contributed by atoms with Gasteiger partial charge in [0, 0.05) is 12.7 Å². The maximum Gasteiger partial charge on any atom is 0.148 e. The number of ether oxygens (including phenoxy) is 1. The van der Waals surface area contributed by atoms with Crippen molar-refractivity contribution in [3.63, 3.8) is 0 Å². The Labute approximate surface area is 120 Å². The van der Waals surface area contributed by atoms with Gasteiger partial charge in [0.1, 0.15) is 12.4 Å². The Hall–Kier alpha value is -0.430. The van der Waals surface area contributed by atoms with Gasteiger partial charge in [0.25, 0.3) is 0 Å². The van der Waals surface area contributed by atoms with Gasteiger partial charge in [0.2, 0.25) is 0 Å². The van der Waals surface area contributed by atoms with Gasteiger partial charge in [0.15, 0.2) is 0 Å². The molecule has 2 N–H and O–H groups in total. The lowest BCUT2D eigenvalue weighted by molar-refractivity contribution is 0.305. The molecule has 0 aliphatic rings. The lowest BCUT2D eigenvalue weighted by atomic mass is 10.2. The van der Waals surface area contributed by atoms with Gasteiger partial charge in [-0.2, -0.15) is 0 Å². The molecule has 0 unspecified atom stereocenters. The van der Waals surface area contributed by atoms with Crippen LogP contribution in [0.3, 0.4) is 0 Å². The molecule has 2 aromatic rings. The highest BCUT2D eigenvalue weighted by molar-refractivity contribution is 9.11. The fourth-order valence-electron chi connectivity index (χ4n) is 1.32. The zero-order valence-corrected chi connectivity index (χ0v) is 12.8. The molecule has 6 heteroatoms. The molecular weight excluding hydrogens is 368 g/mol. The number of benzene rings is 1. The zero-order chi connectivity index (χ0) is 12.3. The summed E-state index contributed by atoms with van der Waals surface area (Å²) in [5.74, 6) is 0.788. The van der Waals surface area contributed by atoms with E-state index in [-0.39, 0.29) is 0 Å². The Morgan fingerprint density at radius 2 is 2.00 bits per heavy atom. The molecule has 0 saturated heterocycles. The molecule has 0 amide bonds. The van der Waals surface area contributed by atoms with Crippen molar-refractivity contribution in [2.75, 3.05) is 0 Å². The minimum atomic E-state index is 0.506. The van der Waals surface area contributed by atoms with Crippen LogP contribution in [0.4, 0.5) is 0 Å². The molecule has 0 saturated carbocycles. The second kappa shape index (κ2) is 5.95. The van der Waals surface area contributed by atoms with E-state index in [0.29, 0.717) is 13.2 Å². The fourth-order valence-corrected chi connectivity index (χ4v) is 3.34. The van der Waals surface area contributed by atoms with Gasteiger partial charge < -0.3 is 10.5 Å². The van der Waals surface area contributed by atoms with Crippen LogP contribution in [-0.4, -0.2) is 4.98 Å². The van der Waals surface area contributed by atoms with Gasteiger partial charge in [-0.25, -0.2) is 0 Å². The number of hydrogen-bond donors (Lipinski definition) is 1. The van der Waals surface area contributed by atoms with Crippen molar-refractivity contribution in [1.82, 2.24) is 4.98 Å². The highest BCUT2D eigenvalue weighted by Gasteiger charge is 2.09. The van der Waals surface area contributed by atoms with Crippen molar-refractivity contribution in [2.45, 2.75) is 13.2 Å². The van der Waals surface area contributed by atoms with Crippen LogP contribution in [0.2, 0.25) is 0 Å². The molecule has 1 aromatic carbocycles. The highest BCUT2D eigenvalue weighted by Crippen LogP contribution is 2.35. The summed E-state index contributed by atoms with van der Waals surface area (Å²) in [5.41, 5.74) is 8.44. The monoisotopic (exact) mass is 376 g/mol. The van der Waals surface area contributed by atoms with Crippen LogP contribution in [-0.2, 0) is 13.2 Å². The number of aromatic nitrogens is 1. The highest BCUT2D eigenvalue weighted by atomic mass is 79.9. The number of hydrogen-bond acceptors (Lipinski definition) is 4. The Kier molecular flexibility index (Phi) is 4.55. The minimum absolute atomic E-state index is 0.506. The summed E-state index contributed by atoms with van der Waals surface area (Å²) in [4.78, 5) is 5.09. The lowest BCUT2D eigenvalue weighted by Crippen LogP contribution is -1.99.